The molecule has 0 bridgehead atoms. The van der Waals surface area contributed by atoms with E-state index < -0.39 is 0 Å². The molecule has 0 aliphatic carbocycles. The minimum absolute atomic E-state index is 0.825. The molecule has 96 valence electrons. The molecule has 0 atom stereocenters. The first-order valence-corrected chi connectivity index (χ1v) is 8.55. The number of nitrogens with one attached hydrogen (secondary N) is 1. The molecule has 1 aromatic heterocycles. The van der Waals surface area contributed by atoms with Crippen molar-refractivity contribution in [2.75, 3.05) is 12.3 Å². The Kier molecular flexibility index (Phi) is 6.05. The highest BCUT2D eigenvalue weighted by Crippen LogP contribution is 2.31. The topological polar surface area (TPSA) is 12.0 Å². The summed E-state index contributed by atoms with van der Waals surface area (Å²) >= 11 is 12.9. The molecule has 0 saturated carbocycles. The molecule has 1 heterocycles. The lowest BCUT2D eigenvalue weighted by atomic mass is 10.4. The summed E-state index contributed by atoms with van der Waals surface area (Å²) in [5, 5.41) is 3.42. The Bertz CT molecular complexity index is 467. The molecule has 0 amide bonds. The molecule has 2 aromatic rings. The SMILES string of the molecule is Clc1sc(CNCCSc2ccccc2)cc1Br. The predicted molar refractivity (Wildman–Crippen MR) is 85.9 cm³/mol. The number of hydrogen-bond donors (Lipinski definition) is 1. The second-order valence-corrected chi connectivity index (χ2v) is 7.43. The molecule has 18 heavy (non-hydrogen) atoms. The third-order valence-corrected chi connectivity index (χ3v) is 5.77. The van der Waals surface area contributed by atoms with E-state index in [1.165, 1.54) is 9.77 Å². The largest absolute Gasteiger partial charge is 0.311 e. The van der Waals surface area contributed by atoms with Crippen LogP contribution in [0.3, 0.4) is 0 Å². The van der Waals surface area contributed by atoms with Gasteiger partial charge < -0.3 is 5.32 Å². The Morgan fingerprint density at radius 3 is 2.72 bits per heavy atom. The van der Waals surface area contributed by atoms with E-state index in [1.54, 1.807) is 11.3 Å². The van der Waals surface area contributed by atoms with Crippen LogP contribution < -0.4 is 5.32 Å². The van der Waals surface area contributed by atoms with Gasteiger partial charge in [-0.25, -0.2) is 0 Å². The highest BCUT2D eigenvalue weighted by atomic mass is 79.9. The average Bonchev–Trinajstić information content (AvgIpc) is 2.70. The monoisotopic (exact) mass is 361 g/mol. The minimum atomic E-state index is 0.825. The van der Waals surface area contributed by atoms with Gasteiger partial charge in [0.25, 0.3) is 0 Å². The van der Waals surface area contributed by atoms with Crippen LogP contribution in [-0.4, -0.2) is 12.3 Å². The zero-order chi connectivity index (χ0) is 12.8. The van der Waals surface area contributed by atoms with E-state index >= 15 is 0 Å². The third-order valence-electron chi connectivity index (χ3n) is 2.29. The minimum Gasteiger partial charge on any atom is -0.311 e. The van der Waals surface area contributed by atoms with Crippen LogP contribution in [-0.2, 0) is 6.54 Å². The first-order valence-electron chi connectivity index (χ1n) is 5.58. The van der Waals surface area contributed by atoms with Gasteiger partial charge in [-0.2, -0.15) is 0 Å². The molecular formula is C13H13BrClNS2. The molecule has 0 unspecified atom stereocenters. The van der Waals surface area contributed by atoms with Gasteiger partial charge in [-0.1, -0.05) is 29.8 Å². The molecule has 0 fully saturated rings. The van der Waals surface area contributed by atoms with Crippen LogP contribution in [0.1, 0.15) is 4.88 Å². The van der Waals surface area contributed by atoms with Crippen molar-refractivity contribution < 1.29 is 0 Å². The Hall–Kier alpha value is -0.000000000000000111. The van der Waals surface area contributed by atoms with Crippen molar-refractivity contribution in [1.29, 1.82) is 0 Å². The molecule has 0 saturated heterocycles. The van der Waals surface area contributed by atoms with Crippen LogP contribution in [0.25, 0.3) is 0 Å². The Morgan fingerprint density at radius 2 is 2.06 bits per heavy atom. The molecule has 0 aliphatic rings. The molecule has 5 heteroatoms. The lowest BCUT2D eigenvalue weighted by Crippen LogP contribution is -2.15. The first-order chi connectivity index (χ1) is 8.75. The second kappa shape index (κ2) is 7.56. The number of halogens is 2. The van der Waals surface area contributed by atoms with Crippen molar-refractivity contribution in [3.63, 3.8) is 0 Å². The number of thiophene rings is 1. The first kappa shape index (κ1) is 14.4. The van der Waals surface area contributed by atoms with E-state index in [-0.39, 0.29) is 0 Å². The van der Waals surface area contributed by atoms with E-state index in [1.807, 2.05) is 17.8 Å². The Labute approximate surface area is 129 Å². The van der Waals surface area contributed by atoms with Gasteiger partial charge in [-0.3, -0.25) is 0 Å². The van der Waals surface area contributed by atoms with Crippen molar-refractivity contribution in [3.8, 4) is 0 Å². The van der Waals surface area contributed by atoms with Crippen LogP contribution in [0.15, 0.2) is 45.8 Å². The lowest BCUT2D eigenvalue weighted by molar-refractivity contribution is 0.741. The van der Waals surface area contributed by atoms with Crippen LogP contribution in [0.4, 0.5) is 0 Å². The van der Waals surface area contributed by atoms with Crippen LogP contribution >= 0.6 is 50.6 Å². The van der Waals surface area contributed by atoms with Gasteiger partial charge in [0.2, 0.25) is 0 Å². The van der Waals surface area contributed by atoms with E-state index in [9.17, 15) is 0 Å². The molecule has 0 aliphatic heterocycles. The van der Waals surface area contributed by atoms with Crippen molar-refractivity contribution in [3.05, 3.63) is 50.1 Å². The maximum atomic E-state index is 5.99. The molecule has 0 radical (unpaired) electrons. The van der Waals surface area contributed by atoms with Crippen molar-refractivity contribution >= 4 is 50.6 Å². The summed E-state index contributed by atoms with van der Waals surface area (Å²) in [6.45, 7) is 1.87. The van der Waals surface area contributed by atoms with Gasteiger partial charge in [0.1, 0.15) is 4.34 Å². The fraction of sp³-hybridized carbons (Fsp3) is 0.231. The fourth-order valence-corrected chi connectivity index (χ4v) is 4.04. The molecule has 2 rings (SSSR count). The number of rotatable bonds is 6. The molecule has 1 N–H and O–H groups in total. The summed E-state index contributed by atoms with van der Waals surface area (Å²) in [5.41, 5.74) is 0. The zero-order valence-corrected chi connectivity index (χ0v) is 13.6. The number of thioether (sulfide) groups is 1. The second-order valence-electron chi connectivity index (χ2n) is 3.67. The normalized spacial score (nSPS) is 10.8. The zero-order valence-electron chi connectivity index (χ0n) is 9.66. The quantitative estimate of drug-likeness (QED) is 0.570. The number of benzene rings is 1. The summed E-state index contributed by atoms with van der Waals surface area (Å²) in [4.78, 5) is 2.58. The summed E-state index contributed by atoms with van der Waals surface area (Å²) in [5.74, 6) is 1.07. The van der Waals surface area contributed by atoms with Crippen molar-refractivity contribution in [2.45, 2.75) is 11.4 Å². The molecule has 1 nitrogen and oxygen atoms in total. The smallest absolute Gasteiger partial charge is 0.107 e. The van der Waals surface area contributed by atoms with Gasteiger partial charge in [-0.05, 0) is 34.1 Å². The van der Waals surface area contributed by atoms with Gasteiger partial charge >= 0.3 is 0 Å². The third kappa shape index (κ3) is 4.59. The molecular weight excluding hydrogens is 350 g/mol. The van der Waals surface area contributed by atoms with Gasteiger partial charge in [0.05, 0.1) is 0 Å². The van der Waals surface area contributed by atoms with Crippen LogP contribution in [0, 0.1) is 0 Å². The van der Waals surface area contributed by atoms with Crippen molar-refractivity contribution in [2.24, 2.45) is 0 Å². The molecule has 1 aromatic carbocycles. The Balaban J connectivity index is 1.64. The fourth-order valence-electron chi connectivity index (χ4n) is 1.45. The van der Waals surface area contributed by atoms with Gasteiger partial charge in [-0.15, -0.1) is 23.1 Å². The van der Waals surface area contributed by atoms with Gasteiger partial charge in [0.15, 0.2) is 0 Å². The highest BCUT2D eigenvalue weighted by molar-refractivity contribution is 9.10. The van der Waals surface area contributed by atoms with E-state index in [4.69, 9.17) is 11.6 Å². The average molecular weight is 363 g/mol. The van der Waals surface area contributed by atoms with Gasteiger partial charge in [0, 0.05) is 33.1 Å². The van der Waals surface area contributed by atoms with E-state index in [2.05, 4.69) is 51.6 Å². The van der Waals surface area contributed by atoms with E-state index in [0.29, 0.717) is 0 Å². The van der Waals surface area contributed by atoms with Crippen molar-refractivity contribution in [1.82, 2.24) is 5.32 Å². The lowest BCUT2D eigenvalue weighted by Gasteiger charge is -2.03. The molecule has 0 spiro atoms. The summed E-state index contributed by atoms with van der Waals surface area (Å²) < 4.78 is 1.81. The predicted octanol–water partition coefficient (Wildman–Crippen LogP) is 5.05. The maximum absolute atomic E-state index is 5.99. The number of hydrogen-bond acceptors (Lipinski definition) is 3. The van der Waals surface area contributed by atoms with Crippen LogP contribution in [0.5, 0.6) is 0 Å². The highest BCUT2D eigenvalue weighted by Gasteiger charge is 2.03. The summed E-state index contributed by atoms with van der Waals surface area (Å²) in [7, 11) is 0. The Morgan fingerprint density at radius 1 is 1.28 bits per heavy atom. The van der Waals surface area contributed by atoms with E-state index in [0.717, 1.165) is 27.7 Å². The summed E-state index contributed by atoms with van der Waals surface area (Å²) in [6, 6.07) is 12.5. The maximum Gasteiger partial charge on any atom is 0.107 e. The van der Waals surface area contributed by atoms with Crippen LogP contribution in [0.2, 0.25) is 4.34 Å². The summed E-state index contributed by atoms with van der Waals surface area (Å²) in [6.07, 6.45) is 0. The standard InChI is InChI=1S/C13H13BrClNS2/c14-12-8-11(18-13(12)15)9-16-6-7-17-10-4-2-1-3-5-10/h1-5,8,16H,6-7,9H2.